The summed E-state index contributed by atoms with van der Waals surface area (Å²) in [6.45, 7) is 4.44. The van der Waals surface area contributed by atoms with E-state index in [0.29, 0.717) is 25.3 Å². The fourth-order valence-electron chi connectivity index (χ4n) is 1.90. The van der Waals surface area contributed by atoms with Gasteiger partial charge in [0.05, 0.1) is 18.1 Å². The summed E-state index contributed by atoms with van der Waals surface area (Å²) in [5.41, 5.74) is -0.0717. The molecule has 0 unspecified atom stereocenters. The molecule has 1 heterocycles. The Morgan fingerprint density at radius 3 is 2.83 bits per heavy atom. The van der Waals surface area contributed by atoms with Crippen molar-refractivity contribution >= 4 is 5.69 Å². The quantitative estimate of drug-likeness (QED) is 0.643. The van der Waals surface area contributed by atoms with Gasteiger partial charge in [-0.15, -0.1) is 0 Å². The molecule has 0 bridgehead atoms. The molecule has 1 N–H and O–H groups in total. The molecule has 0 spiro atoms. The van der Waals surface area contributed by atoms with Crippen LogP contribution in [-0.4, -0.2) is 24.7 Å². The van der Waals surface area contributed by atoms with Crippen LogP contribution in [0.3, 0.4) is 0 Å². The van der Waals surface area contributed by atoms with E-state index in [4.69, 9.17) is 4.74 Å². The van der Waals surface area contributed by atoms with Crippen molar-refractivity contribution in [2.45, 2.75) is 13.5 Å². The fraction of sp³-hybridized carbons (Fsp3) is 0.500. The van der Waals surface area contributed by atoms with Gasteiger partial charge in [-0.1, -0.05) is 19.1 Å². The minimum absolute atomic E-state index is 0.0944. The molecule has 1 fully saturated rings. The summed E-state index contributed by atoms with van der Waals surface area (Å²) in [4.78, 5) is 9.88. The second kappa shape index (κ2) is 4.99. The van der Waals surface area contributed by atoms with Crippen LogP contribution in [0.5, 0.6) is 0 Å². The first kappa shape index (κ1) is 12.9. The summed E-state index contributed by atoms with van der Waals surface area (Å²) in [5.74, 6) is -0.759. The molecule has 0 aliphatic carbocycles. The minimum Gasteiger partial charge on any atom is -0.380 e. The second-order valence-electron chi connectivity index (χ2n) is 4.91. The van der Waals surface area contributed by atoms with Gasteiger partial charge in [-0.3, -0.25) is 10.1 Å². The Balaban J connectivity index is 1.97. The number of hydrogen-bond acceptors (Lipinski definition) is 4. The van der Waals surface area contributed by atoms with E-state index in [1.807, 2.05) is 0 Å². The van der Waals surface area contributed by atoms with E-state index in [1.165, 1.54) is 12.1 Å². The largest absolute Gasteiger partial charge is 0.380 e. The van der Waals surface area contributed by atoms with Crippen molar-refractivity contribution in [3.05, 3.63) is 39.7 Å². The molecular weight excluding hydrogens is 239 g/mol. The highest BCUT2D eigenvalue weighted by Crippen LogP contribution is 2.25. The van der Waals surface area contributed by atoms with Gasteiger partial charge in [0.15, 0.2) is 0 Å². The second-order valence-corrected chi connectivity index (χ2v) is 4.91. The lowest BCUT2D eigenvalue weighted by Crippen LogP contribution is -2.47. The highest BCUT2D eigenvalue weighted by molar-refractivity contribution is 5.36. The molecule has 98 valence electrons. The number of benzene rings is 1. The summed E-state index contributed by atoms with van der Waals surface area (Å²) < 4.78 is 18.8. The Bertz CT molecular complexity index is 461. The normalized spacial score (nSPS) is 17.2. The average Bonchev–Trinajstić information content (AvgIpc) is 2.28. The smallest absolute Gasteiger partial charge is 0.305 e. The Hall–Kier alpha value is -1.53. The topological polar surface area (TPSA) is 64.4 Å². The van der Waals surface area contributed by atoms with Crippen molar-refractivity contribution in [3.63, 3.8) is 0 Å². The number of ether oxygens (including phenoxy) is 1. The molecule has 0 aromatic heterocycles. The van der Waals surface area contributed by atoms with Crippen molar-refractivity contribution < 1.29 is 14.1 Å². The summed E-state index contributed by atoms with van der Waals surface area (Å²) in [6.07, 6.45) is 0. The Kier molecular flexibility index (Phi) is 3.58. The molecule has 5 nitrogen and oxygen atoms in total. The van der Waals surface area contributed by atoms with Gasteiger partial charge in [0.1, 0.15) is 0 Å². The molecule has 1 aliphatic heterocycles. The van der Waals surface area contributed by atoms with Crippen LogP contribution in [0, 0.1) is 21.3 Å². The maximum Gasteiger partial charge on any atom is 0.305 e. The Labute approximate surface area is 104 Å². The molecule has 1 saturated heterocycles. The number of hydrogen-bond donors (Lipinski definition) is 1. The van der Waals surface area contributed by atoms with E-state index in [0.717, 1.165) is 0 Å². The molecule has 2 rings (SSSR count). The van der Waals surface area contributed by atoms with Gasteiger partial charge < -0.3 is 10.1 Å². The fourth-order valence-corrected chi connectivity index (χ4v) is 1.90. The van der Waals surface area contributed by atoms with E-state index >= 15 is 0 Å². The number of rotatable bonds is 5. The van der Waals surface area contributed by atoms with Crippen LogP contribution in [0.1, 0.15) is 12.5 Å². The minimum atomic E-state index is -0.759. The summed E-state index contributed by atoms with van der Waals surface area (Å²) in [6, 6.07) is 4.21. The summed E-state index contributed by atoms with van der Waals surface area (Å²) in [7, 11) is 0. The van der Waals surface area contributed by atoms with Crippen molar-refractivity contribution in [1.82, 2.24) is 5.32 Å². The first-order chi connectivity index (χ1) is 8.52. The van der Waals surface area contributed by atoms with Gasteiger partial charge in [0.25, 0.3) is 0 Å². The standard InChI is InChI=1S/C12H15FN2O3/c1-12(7-18-8-12)6-14-5-9-3-2-4-10(11(9)13)15(16)17/h2-4,14H,5-8H2,1H3. The number of nitro groups is 1. The summed E-state index contributed by atoms with van der Waals surface area (Å²) in [5, 5.41) is 13.7. The zero-order valence-electron chi connectivity index (χ0n) is 10.1. The van der Waals surface area contributed by atoms with Gasteiger partial charge in [-0.2, -0.15) is 4.39 Å². The van der Waals surface area contributed by atoms with E-state index in [2.05, 4.69) is 12.2 Å². The lowest BCUT2D eigenvalue weighted by Gasteiger charge is -2.38. The predicted octanol–water partition coefficient (Wildman–Crippen LogP) is 1.86. The summed E-state index contributed by atoms with van der Waals surface area (Å²) >= 11 is 0. The third-order valence-corrected chi connectivity index (χ3v) is 3.02. The third-order valence-electron chi connectivity index (χ3n) is 3.02. The Morgan fingerprint density at radius 1 is 1.56 bits per heavy atom. The molecule has 1 aromatic carbocycles. The van der Waals surface area contributed by atoms with Crippen LogP contribution in [0.4, 0.5) is 10.1 Å². The van der Waals surface area contributed by atoms with Crippen molar-refractivity contribution in [2.75, 3.05) is 19.8 Å². The van der Waals surface area contributed by atoms with E-state index in [9.17, 15) is 14.5 Å². The van der Waals surface area contributed by atoms with E-state index in [1.54, 1.807) is 6.07 Å². The monoisotopic (exact) mass is 254 g/mol. The molecule has 1 aromatic rings. The van der Waals surface area contributed by atoms with Crippen LogP contribution in [-0.2, 0) is 11.3 Å². The highest BCUT2D eigenvalue weighted by Gasteiger charge is 2.32. The molecule has 18 heavy (non-hydrogen) atoms. The molecule has 0 atom stereocenters. The molecule has 0 radical (unpaired) electrons. The molecule has 0 amide bonds. The average molecular weight is 254 g/mol. The highest BCUT2D eigenvalue weighted by atomic mass is 19.1. The number of nitrogens with zero attached hydrogens (tertiary/aromatic N) is 1. The number of nitrogens with one attached hydrogen (secondary N) is 1. The molecule has 0 saturated carbocycles. The van der Waals surface area contributed by atoms with Gasteiger partial charge in [0.2, 0.25) is 5.82 Å². The molecular formula is C12H15FN2O3. The molecule has 1 aliphatic rings. The van der Waals surface area contributed by atoms with Crippen LogP contribution < -0.4 is 5.32 Å². The zero-order valence-corrected chi connectivity index (χ0v) is 10.1. The van der Waals surface area contributed by atoms with E-state index in [-0.39, 0.29) is 12.0 Å². The Morgan fingerprint density at radius 2 is 2.28 bits per heavy atom. The SMILES string of the molecule is CC1(CNCc2cccc([N+](=O)[O-])c2F)COC1. The van der Waals surface area contributed by atoms with Crippen molar-refractivity contribution in [2.24, 2.45) is 5.41 Å². The van der Waals surface area contributed by atoms with Crippen LogP contribution >= 0.6 is 0 Å². The van der Waals surface area contributed by atoms with Crippen LogP contribution in [0.2, 0.25) is 0 Å². The third kappa shape index (κ3) is 2.65. The van der Waals surface area contributed by atoms with Crippen molar-refractivity contribution in [3.8, 4) is 0 Å². The zero-order chi connectivity index (χ0) is 13.2. The van der Waals surface area contributed by atoms with Crippen LogP contribution in [0.25, 0.3) is 0 Å². The first-order valence-corrected chi connectivity index (χ1v) is 5.72. The van der Waals surface area contributed by atoms with Gasteiger partial charge in [0, 0.05) is 30.1 Å². The maximum atomic E-state index is 13.7. The maximum absolute atomic E-state index is 13.7. The van der Waals surface area contributed by atoms with Gasteiger partial charge in [-0.05, 0) is 0 Å². The van der Waals surface area contributed by atoms with Crippen LogP contribution in [0.15, 0.2) is 18.2 Å². The van der Waals surface area contributed by atoms with Crippen molar-refractivity contribution in [1.29, 1.82) is 0 Å². The van der Waals surface area contributed by atoms with Gasteiger partial charge >= 0.3 is 5.69 Å². The molecule has 6 heteroatoms. The number of halogens is 1. The van der Waals surface area contributed by atoms with Gasteiger partial charge in [-0.25, -0.2) is 0 Å². The lowest BCUT2D eigenvalue weighted by molar-refractivity contribution is -0.387. The van der Waals surface area contributed by atoms with E-state index < -0.39 is 16.4 Å². The number of nitro benzene ring substituents is 1. The first-order valence-electron chi connectivity index (χ1n) is 5.72. The predicted molar refractivity (Wildman–Crippen MR) is 63.7 cm³/mol. The lowest BCUT2D eigenvalue weighted by atomic mass is 9.89.